The van der Waals surface area contributed by atoms with Crippen molar-refractivity contribution in [3.8, 4) is 0 Å². The van der Waals surface area contributed by atoms with E-state index in [1.165, 1.54) is 45.3 Å². The summed E-state index contributed by atoms with van der Waals surface area (Å²) in [6.07, 6.45) is 11.0. The average Bonchev–Trinajstić information content (AvgIpc) is 2.98. The zero-order valence-corrected chi connectivity index (χ0v) is 12.7. The lowest BCUT2D eigenvalue weighted by atomic mass is 9.79. The zero-order valence-electron chi connectivity index (χ0n) is 12.7. The lowest BCUT2D eigenvalue weighted by molar-refractivity contribution is 0.146. The second-order valence-corrected chi connectivity index (χ2v) is 6.52. The third-order valence-electron chi connectivity index (χ3n) is 5.18. The summed E-state index contributed by atoms with van der Waals surface area (Å²) in [4.78, 5) is 6.71. The molecule has 2 aliphatic rings. The standard InChI is InChI=1S/C16H26N4/c1-13-4-3-5-14(2)16(13)10-19-8-6-15(7-9-19)20-12-17-11-18-20/h4,11-12,14-16H,3,5-10H2,1-2H3. The quantitative estimate of drug-likeness (QED) is 0.795. The molecule has 1 aromatic rings. The van der Waals surface area contributed by atoms with Gasteiger partial charge >= 0.3 is 0 Å². The first-order chi connectivity index (χ1) is 9.74. The normalized spacial score (nSPS) is 29.4. The van der Waals surface area contributed by atoms with Gasteiger partial charge in [-0.3, -0.25) is 0 Å². The topological polar surface area (TPSA) is 34.0 Å². The molecule has 0 N–H and O–H groups in total. The van der Waals surface area contributed by atoms with Crippen molar-refractivity contribution >= 4 is 0 Å². The van der Waals surface area contributed by atoms with Gasteiger partial charge in [-0.15, -0.1) is 0 Å². The van der Waals surface area contributed by atoms with E-state index in [1.807, 2.05) is 11.0 Å². The number of hydrogen-bond acceptors (Lipinski definition) is 3. The predicted octanol–water partition coefficient (Wildman–Crippen LogP) is 2.91. The summed E-state index contributed by atoms with van der Waals surface area (Å²) in [6.45, 7) is 8.38. The van der Waals surface area contributed by atoms with Gasteiger partial charge in [0.05, 0.1) is 6.04 Å². The highest BCUT2D eigenvalue weighted by Gasteiger charge is 2.27. The summed E-state index contributed by atoms with van der Waals surface area (Å²) in [6, 6.07) is 0.550. The summed E-state index contributed by atoms with van der Waals surface area (Å²) in [5.74, 6) is 1.61. The number of hydrogen-bond donors (Lipinski definition) is 0. The minimum atomic E-state index is 0.550. The van der Waals surface area contributed by atoms with Gasteiger partial charge in [-0.05, 0) is 44.4 Å². The minimum Gasteiger partial charge on any atom is -0.303 e. The van der Waals surface area contributed by atoms with Gasteiger partial charge in [-0.2, -0.15) is 5.10 Å². The first-order valence-corrected chi connectivity index (χ1v) is 7.97. The fraction of sp³-hybridized carbons (Fsp3) is 0.750. The summed E-state index contributed by atoms with van der Waals surface area (Å²) < 4.78 is 2.03. The van der Waals surface area contributed by atoms with Crippen LogP contribution in [0.4, 0.5) is 0 Å². The molecule has 1 aromatic heterocycles. The molecule has 1 aliphatic carbocycles. The molecule has 4 nitrogen and oxygen atoms in total. The van der Waals surface area contributed by atoms with Gasteiger partial charge in [0.2, 0.25) is 0 Å². The number of allylic oxidation sites excluding steroid dienone is 1. The molecule has 0 aromatic carbocycles. The highest BCUT2D eigenvalue weighted by Crippen LogP contribution is 2.32. The summed E-state index contributed by atoms with van der Waals surface area (Å²) in [5, 5.41) is 4.28. The van der Waals surface area contributed by atoms with Crippen LogP contribution in [-0.4, -0.2) is 39.3 Å². The van der Waals surface area contributed by atoms with Gasteiger partial charge in [-0.25, -0.2) is 9.67 Å². The van der Waals surface area contributed by atoms with Crippen LogP contribution < -0.4 is 0 Å². The molecule has 1 aliphatic heterocycles. The Hall–Kier alpha value is -1.16. The average molecular weight is 274 g/mol. The van der Waals surface area contributed by atoms with E-state index < -0.39 is 0 Å². The van der Waals surface area contributed by atoms with Crippen LogP contribution >= 0.6 is 0 Å². The third-order valence-corrected chi connectivity index (χ3v) is 5.18. The summed E-state index contributed by atoms with van der Waals surface area (Å²) in [7, 11) is 0. The van der Waals surface area contributed by atoms with E-state index in [1.54, 1.807) is 11.9 Å². The van der Waals surface area contributed by atoms with Crippen LogP contribution in [0.2, 0.25) is 0 Å². The van der Waals surface area contributed by atoms with Crippen LogP contribution in [-0.2, 0) is 0 Å². The molecule has 2 unspecified atom stereocenters. The number of likely N-dealkylation sites (tertiary alicyclic amines) is 1. The number of piperidine rings is 1. The van der Waals surface area contributed by atoms with Gasteiger partial charge < -0.3 is 4.90 Å². The molecule has 3 rings (SSSR count). The van der Waals surface area contributed by atoms with Gasteiger partial charge in [0.15, 0.2) is 0 Å². The van der Waals surface area contributed by atoms with Crippen molar-refractivity contribution in [2.24, 2.45) is 11.8 Å². The van der Waals surface area contributed by atoms with E-state index in [-0.39, 0.29) is 0 Å². The van der Waals surface area contributed by atoms with Crippen molar-refractivity contribution in [2.75, 3.05) is 19.6 Å². The van der Waals surface area contributed by atoms with Crippen LogP contribution in [0.25, 0.3) is 0 Å². The fourth-order valence-corrected chi connectivity index (χ4v) is 3.75. The van der Waals surface area contributed by atoms with E-state index in [0.29, 0.717) is 6.04 Å². The highest BCUT2D eigenvalue weighted by molar-refractivity contribution is 5.09. The molecule has 20 heavy (non-hydrogen) atoms. The highest BCUT2D eigenvalue weighted by atomic mass is 15.3. The molecule has 1 saturated heterocycles. The van der Waals surface area contributed by atoms with Gasteiger partial charge in [0, 0.05) is 19.6 Å². The molecule has 0 spiro atoms. The van der Waals surface area contributed by atoms with E-state index >= 15 is 0 Å². The summed E-state index contributed by atoms with van der Waals surface area (Å²) >= 11 is 0. The van der Waals surface area contributed by atoms with E-state index in [9.17, 15) is 0 Å². The molecular weight excluding hydrogens is 248 g/mol. The molecule has 1 fully saturated rings. The van der Waals surface area contributed by atoms with Crippen molar-refractivity contribution in [3.63, 3.8) is 0 Å². The minimum absolute atomic E-state index is 0.550. The first kappa shape index (κ1) is 13.8. The Morgan fingerprint density at radius 3 is 2.70 bits per heavy atom. The van der Waals surface area contributed by atoms with Crippen LogP contribution in [0.3, 0.4) is 0 Å². The molecule has 0 saturated carbocycles. The second-order valence-electron chi connectivity index (χ2n) is 6.52. The lowest BCUT2D eigenvalue weighted by Crippen LogP contribution is -2.40. The Kier molecular flexibility index (Phi) is 4.20. The molecular formula is C16H26N4. The van der Waals surface area contributed by atoms with Crippen molar-refractivity contribution in [3.05, 3.63) is 24.3 Å². The fourth-order valence-electron chi connectivity index (χ4n) is 3.75. The predicted molar refractivity (Wildman–Crippen MR) is 80.4 cm³/mol. The zero-order chi connectivity index (χ0) is 13.9. The van der Waals surface area contributed by atoms with E-state index in [2.05, 4.69) is 34.9 Å². The third kappa shape index (κ3) is 2.95. The Bertz CT molecular complexity index is 443. The second kappa shape index (κ2) is 6.08. The Morgan fingerprint density at radius 1 is 1.25 bits per heavy atom. The molecule has 0 amide bonds. The van der Waals surface area contributed by atoms with Gasteiger partial charge in [-0.1, -0.05) is 18.6 Å². The van der Waals surface area contributed by atoms with E-state index in [4.69, 9.17) is 0 Å². The monoisotopic (exact) mass is 274 g/mol. The number of aromatic nitrogens is 3. The number of nitrogens with zero attached hydrogens (tertiary/aromatic N) is 4. The molecule has 0 bridgehead atoms. The maximum absolute atomic E-state index is 4.28. The molecule has 2 heterocycles. The van der Waals surface area contributed by atoms with Crippen LogP contribution in [0, 0.1) is 11.8 Å². The van der Waals surface area contributed by atoms with Crippen LogP contribution in [0.5, 0.6) is 0 Å². The Morgan fingerprint density at radius 2 is 2.05 bits per heavy atom. The summed E-state index contributed by atoms with van der Waals surface area (Å²) in [5.41, 5.74) is 1.61. The molecule has 2 atom stereocenters. The Balaban J connectivity index is 1.53. The number of rotatable bonds is 3. The van der Waals surface area contributed by atoms with Crippen LogP contribution in [0.1, 0.15) is 45.6 Å². The molecule has 110 valence electrons. The Labute approximate surface area is 121 Å². The van der Waals surface area contributed by atoms with Crippen molar-refractivity contribution in [1.29, 1.82) is 0 Å². The maximum Gasteiger partial charge on any atom is 0.137 e. The van der Waals surface area contributed by atoms with Crippen LogP contribution in [0.15, 0.2) is 24.3 Å². The lowest BCUT2D eigenvalue weighted by Gasteiger charge is -2.37. The maximum atomic E-state index is 4.28. The van der Waals surface area contributed by atoms with Crippen molar-refractivity contribution in [2.45, 2.75) is 45.6 Å². The largest absolute Gasteiger partial charge is 0.303 e. The molecule has 0 radical (unpaired) electrons. The van der Waals surface area contributed by atoms with Gasteiger partial charge in [0.25, 0.3) is 0 Å². The van der Waals surface area contributed by atoms with Gasteiger partial charge in [0.1, 0.15) is 12.7 Å². The van der Waals surface area contributed by atoms with Crippen molar-refractivity contribution in [1.82, 2.24) is 19.7 Å². The van der Waals surface area contributed by atoms with Crippen molar-refractivity contribution < 1.29 is 0 Å². The molecule has 4 heteroatoms. The van der Waals surface area contributed by atoms with E-state index in [0.717, 1.165) is 11.8 Å². The first-order valence-electron chi connectivity index (χ1n) is 7.97. The SMILES string of the molecule is CC1=CCCC(C)C1CN1CCC(n2cncn2)CC1. The smallest absolute Gasteiger partial charge is 0.137 e.